The van der Waals surface area contributed by atoms with Gasteiger partial charge in [-0.3, -0.25) is 0 Å². The molecule has 90 valence electrons. The lowest BCUT2D eigenvalue weighted by molar-refractivity contribution is 0.628. The van der Waals surface area contributed by atoms with Gasteiger partial charge in [0.05, 0.1) is 5.69 Å². The number of aromatic nitrogens is 1. The topological polar surface area (TPSA) is 50.9 Å². The molecule has 5 heteroatoms. The molecule has 1 aromatic heterocycles. The zero-order valence-electron chi connectivity index (χ0n) is 9.53. The van der Waals surface area contributed by atoms with Gasteiger partial charge in [0.2, 0.25) is 0 Å². The van der Waals surface area contributed by atoms with E-state index in [1.54, 1.807) is 17.4 Å². The average molecular weight is 251 g/mol. The zero-order chi connectivity index (χ0) is 12.3. The molecule has 2 rings (SSSR count). The third-order valence-corrected chi connectivity index (χ3v) is 3.47. The average Bonchev–Trinajstić information content (AvgIpc) is 2.60. The van der Waals surface area contributed by atoms with Crippen LogP contribution in [-0.4, -0.2) is 11.5 Å². The van der Waals surface area contributed by atoms with Crippen molar-refractivity contribution in [2.75, 3.05) is 11.9 Å². The zero-order valence-corrected chi connectivity index (χ0v) is 10.4. The van der Waals surface area contributed by atoms with Gasteiger partial charge < -0.3 is 11.1 Å². The first kappa shape index (κ1) is 12.0. The van der Waals surface area contributed by atoms with Crippen LogP contribution in [-0.2, 0) is 6.42 Å². The third-order valence-electron chi connectivity index (χ3n) is 2.34. The van der Waals surface area contributed by atoms with E-state index in [1.807, 2.05) is 13.0 Å². The molecule has 0 aliphatic rings. The molecule has 0 aliphatic carbocycles. The standard InChI is InChI=1S/C12H14FN3S/c1-8-11(5-6-14)17-12(15-8)16-10-4-2-3-9(13)7-10/h2-4,7H,5-6,14H2,1H3,(H,15,16). The number of benzene rings is 1. The van der Waals surface area contributed by atoms with Crippen molar-refractivity contribution in [3.8, 4) is 0 Å². The Kier molecular flexibility index (Phi) is 3.71. The molecule has 3 N–H and O–H groups in total. The summed E-state index contributed by atoms with van der Waals surface area (Å²) in [4.78, 5) is 5.56. The molecule has 0 radical (unpaired) electrons. The van der Waals surface area contributed by atoms with Crippen molar-refractivity contribution in [3.63, 3.8) is 0 Å². The van der Waals surface area contributed by atoms with Gasteiger partial charge in [0, 0.05) is 10.6 Å². The van der Waals surface area contributed by atoms with Crippen molar-refractivity contribution in [1.82, 2.24) is 4.98 Å². The van der Waals surface area contributed by atoms with Gasteiger partial charge in [-0.05, 0) is 38.1 Å². The highest BCUT2D eigenvalue weighted by Gasteiger charge is 2.07. The number of aryl methyl sites for hydroxylation is 1. The highest BCUT2D eigenvalue weighted by Crippen LogP contribution is 2.26. The minimum Gasteiger partial charge on any atom is -0.331 e. The normalized spacial score (nSPS) is 10.5. The molecule has 0 saturated heterocycles. The maximum absolute atomic E-state index is 13.0. The first-order valence-corrected chi connectivity index (χ1v) is 6.19. The fourth-order valence-corrected chi connectivity index (χ4v) is 2.53. The van der Waals surface area contributed by atoms with Crippen molar-refractivity contribution in [2.24, 2.45) is 5.73 Å². The summed E-state index contributed by atoms with van der Waals surface area (Å²) in [7, 11) is 0. The molecule has 0 spiro atoms. The summed E-state index contributed by atoms with van der Waals surface area (Å²) in [6, 6.07) is 6.33. The Morgan fingerprint density at radius 3 is 3.00 bits per heavy atom. The Labute approximate surface area is 103 Å². The maximum Gasteiger partial charge on any atom is 0.187 e. The summed E-state index contributed by atoms with van der Waals surface area (Å²) in [5.74, 6) is -0.259. The van der Waals surface area contributed by atoms with E-state index in [4.69, 9.17) is 5.73 Å². The van der Waals surface area contributed by atoms with E-state index in [9.17, 15) is 4.39 Å². The number of thiazole rings is 1. The predicted molar refractivity (Wildman–Crippen MR) is 69.3 cm³/mol. The van der Waals surface area contributed by atoms with Crippen LogP contribution < -0.4 is 11.1 Å². The van der Waals surface area contributed by atoms with Gasteiger partial charge in [0.15, 0.2) is 5.13 Å². The number of nitrogens with two attached hydrogens (primary N) is 1. The highest BCUT2D eigenvalue weighted by molar-refractivity contribution is 7.15. The summed E-state index contributed by atoms with van der Waals surface area (Å²) in [5.41, 5.74) is 7.21. The lowest BCUT2D eigenvalue weighted by atomic mass is 10.3. The fourth-order valence-electron chi connectivity index (χ4n) is 1.53. The second-order valence-corrected chi connectivity index (χ2v) is 4.79. The lowest BCUT2D eigenvalue weighted by Crippen LogP contribution is -2.01. The van der Waals surface area contributed by atoms with Crippen molar-refractivity contribution in [3.05, 3.63) is 40.7 Å². The van der Waals surface area contributed by atoms with Gasteiger partial charge in [0.1, 0.15) is 5.82 Å². The van der Waals surface area contributed by atoms with E-state index in [1.165, 1.54) is 17.0 Å². The molecule has 0 fully saturated rings. The molecular weight excluding hydrogens is 237 g/mol. The largest absolute Gasteiger partial charge is 0.331 e. The number of hydrogen-bond donors (Lipinski definition) is 2. The molecule has 0 bridgehead atoms. The Morgan fingerprint density at radius 1 is 1.47 bits per heavy atom. The Balaban J connectivity index is 2.16. The van der Waals surface area contributed by atoms with E-state index < -0.39 is 0 Å². The Bertz CT molecular complexity index is 510. The number of anilines is 2. The second-order valence-electron chi connectivity index (χ2n) is 3.70. The van der Waals surface area contributed by atoms with E-state index in [0.717, 1.165) is 17.2 Å². The smallest absolute Gasteiger partial charge is 0.187 e. The van der Waals surface area contributed by atoms with Crippen LogP contribution >= 0.6 is 11.3 Å². The quantitative estimate of drug-likeness (QED) is 0.878. The van der Waals surface area contributed by atoms with Gasteiger partial charge in [-0.25, -0.2) is 9.37 Å². The first-order valence-electron chi connectivity index (χ1n) is 5.38. The van der Waals surface area contributed by atoms with Crippen molar-refractivity contribution in [2.45, 2.75) is 13.3 Å². The number of nitrogens with zero attached hydrogens (tertiary/aromatic N) is 1. The minimum absolute atomic E-state index is 0.259. The first-order chi connectivity index (χ1) is 8.19. The van der Waals surface area contributed by atoms with Crippen molar-refractivity contribution >= 4 is 22.2 Å². The lowest BCUT2D eigenvalue weighted by Gasteiger charge is -2.01. The maximum atomic E-state index is 13.0. The molecule has 0 unspecified atom stereocenters. The van der Waals surface area contributed by atoms with Gasteiger partial charge in [-0.1, -0.05) is 6.07 Å². The number of rotatable bonds is 4. The number of hydrogen-bond acceptors (Lipinski definition) is 4. The Morgan fingerprint density at radius 2 is 2.29 bits per heavy atom. The molecule has 1 heterocycles. The van der Waals surface area contributed by atoms with Crippen LogP contribution in [0.25, 0.3) is 0 Å². The van der Waals surface area contributed by atoms with E-state index in [0.29, 0.717) is 12.2 Å². The SMILES string of the molecule is Cc1nc(Nc2cccc(F)c2)sc1CCN. The Hall–Kier alpha value is -1.46. The molecular formula is C12H14FN3S. The summed E-state index contributed by atoms with van der Waals surface area (Å²) >= 11 is 1.56. The molecule has 0 amide bonds. The highest BCUT2D eigenvalue weighted by atomic mass is 32.1. The summed E-state index contributed by atoms with van der Waals surface area (Å²) in [6.07, 6.45) is 0.828. The molecule has 1 aromatic carbocycles. The number of halogens is 1. The van der Waals surface area contributed by atoms with E-state index in [2.05, 4.69) is 10.3 Å². The minimum atomic E-state index is -0.259. The van der Waals surface area contributed by atoms with Crippen LogP contribution in [0.15, 0.2) is 24.3 Å². The molecule has 17 heavy (non-hydrogen) atoms. The van der Waals surface area contributed by atoms with Gasteiger partial charge in [0.25, 0.3) is 0 Å². The summed E-state index contributed by atoms with van der Waals surface area (Å²) in [6.45, 7) is 2.57. The van der Waals surface area contributed by atoms with Gasteiger partial charge in [-0.15, -0.1) is 11.3 Å². The number of nitrogens with one attached hydrogen (secondary N) is 1. The van der Waals surface area contributed by atoms with Crippen LogP contribution in [0.1, 0.15) is 10.6 Å². The van der Waals surface area contributed by atoms with Crippen molar-refractivity contribution in [1.29, 1.82) is 0 Å². The molecule has 0 aliphatic heterocycles. The fraction of sp³-hybridized carbons (Fsp3) is 0.250. The summed E-state index contributed by atoms with van der Waals surface area (Å²) in [5, 5.41) is 3.87. The third kappa shape index (κ3) is 3.01. The van der Waals surface area contributed by atoms with Crippen LogP contribution in [0.3, 0.4) is 0 Å². The predicted octanol–water partition coefficient (Wildman–Crippen LogP) is 2.84. The van der Waals surface area contributed by atoms with Crippen LogP contribution in [0, 0.1) is 12.7 Å². The molecule has 2 aromatic rings. The summed E-state index contributed by atoms with van der Waals surface area (Å²) < 4.78 is 13.0. The second kappa shape index (κ2) is 5.25. The molecule has 0 saturated carbocycles. The molecule has 3 nitrogen and oxygen atoms in total. The van der Waals surface area contributed by atoms with Crippen LogP contribution in [0.5, 0.6) is 0 Å². The van der Waals surface area contributed by atoms with Crippen molar-refractivity contribution < 1.29 is 4.39 Å². The molecule has 0 atom stereocenters. The van der Waals surface area contributed by atoms with Gasteiger partial charge >= 0.3 is 0 Å². The van der Waals surface area contributed by atoms with Gasteiger partial charge in [-0.2, -0.15) is 0 Å². The van der Waals surface area contributed by atoms with Crippen LogP contribution in [0.4, 0.5) is 15.2 Å². The van der Waals surface area contributed by atoms with E-state index in [-0.39, 0.29) is 5.82 Å². The van der Waals surface area contributed by atoms with Crippen LogP contribution in [0.2, 0.25) is 0 Å². The monoisotopic (exact) mass is 251 g/mol. The van der Waals surface area contributed by atoms with E-state index >= 15 is 0 Å².